The largest absolute Gasteiger partial charge is 0.379 e. The summed E-state index contributed by atoms with van der Waals surface area (Å²) in [6.07, 6.45) is 4.42. The summed E-state index contributed by atoms with van der Waals surface area (Å²) in [5.41, 5.74) is 0.0779. The van der Waals surface area contributed by atoms with Gasteiger partial charge in [-0.05, 0) is 24.7 Å². The predicted molar refractivity (Wildman–Crippen MR) is 115 cm³/mol. The van der Waals surface area contributed by atoms with Gasteiger partial charge in [-0.25, -0.2) is 0 Å². The van der Waals surface area contributed by atoms with E-state index in [2.05, 4.69) is 36.4 Å². The summed E-state index contributed by atoms with van der Waals surface area (Å²) in [4.78, 5) is 4.32. The third-order valence-electron chi connectivity index (χ3n) is 4.55. The molecule has 2 N–H and O–H groups in total. The third-order valence-corrected chi connectivity index (χ3v) is 6.29. The van der Waals surface area contributed by atoms with E-state index in [4.69, 9.17) is 4.74 Å². The van der Waals surface area contributed by atoms with Crippen molar-refractivity contribution in [3.63, 3.8) is 0 Å². The highest BCUT2D eigenvalue weighted by molar-refractivity contribution is 14.0. The number of aliphatic imine (C=N–C) groups is 1. The second-order valence-electron chi connectivity index (χ2n) is 7.34. The standard InChI is InChI=1S/C17H35N3O2S.HI/c1-7-23(21)14-10-8-9-13(11-14)20-16(18-5)19-12-15(22-6)17(2,3)4;/h13-15H,7-12H2,1-6H3,(H2,18,19,20);1H. The van der Waals surface area contributed by atoms with Crippen LogP contribution in [0.3, 0.4) is 0 Å². The van der Waals surface area contributed by atoms with Crippen LogP contribution in [-0.4, -0.2) is 54.0 Å². The molecule has 1 aliphatic carbocycles. The van der Waals surface area contributed by atoms with Crippen molar-refractivity contribution in [2.24, 2.45) is 10.4 Å². The molecule has 0 heterocycles. The molecule has 7 heteroatoms. The molecule has 0 spiro atoms. The Balaban J connectivity index is 0.00000529. The monoisotopic (exact) mass is 473 g/mol. The van der Waals surface area contributed by atoms with Crippen LogP contribution in [0.25, 0.3) is 0 Å². The minimum Gasteiger partial charge on any atom is -0.379 e. The number of guanidine groups is 1. The van der Waals surface area contributed by atoms with E-state index in [1.54, 1.807) is 14.2 Å². The van der Waals surface area contributed by atoms with Crippen molar-refractivity contribution in [3.8, 4) is 0 Å². The maximum absolute atomic E-state index is 12.1. The number of rotatable bonds is 6. The van der Waals surface area contributed by atoms with Gasteiger partial charge in [-0.15, -0.1) is 24.0 Å². The number of methoxy groups -OCH3 is 1. The number of nitrogens with one attached hydrogen (secondary N) is 2. The number of ether oxygens (including phenoxy) is 1. The molecule has 4 unspecified atom stereocenters. The highest BCUT2D eigenvalue weighted by Gasteiger charge is 2.27. The predicted octanol–water partition coefficient (Wildman–Crippen LogP) is 2.91. The van der Waals surface area contributed by atoms with Crippen molar-refractivity contribution < 1.29 is 8.95 Å². The lowest BCUT2D eigenvalue weighted by molar-refractivity contribution is 0.0205. The van der Waals surface area contributed by atoms with E-state index < -0.39 is 10.8 Å². The SMILES string of the molecule is CCS(=O)C1CCCC(NC(=NC)NCC(OC)C(C)(C)C)C1.I. The molecule has 1 saturated carbocycles. The summed E-state index contributed by atoms with van der Waals surface area (Å²) in [5, 5.41) is 7.19. The van der Waals surface area contributed by atoms with E-state index in [1.165, 1.54) is 0 Å². The Morgan fingerprint density at radius 1 is 1.38 bits per heavy atom. The van der Waals surface area contributed by atoms with Gasteiger partial charge in [0.1, 0.15) is 0 Å². The summed E-state index contributed by atoms with van der Waals surface area (Å²) in [5.74, 6) is 1.56. The van der Waals surface area contributed by atoms with Crippen LogP contribution >= 0.6 is 24.0 Å². The van der Waals surface area contributed by atoms with Crippen molar-refractivity contribution in [1.29, 1.82) is 0 Å². The molecule has 0 aromatic heterocycles. The van der Waals surface area contributed by atoms with Crippen LogP contribution in [0.4, 0.5) is 0 Å². The minimum atomic E-state index is -0.695. The van der Waals surface area contributed by atoms with Gasteiger partial charge in [0.05, 0.1) is 6.10 Å². The molecule has 0 radical (unpaired) electrons. The number of hydrogen-bond acceptors (Lipinski definition) is 3. The summed E-state index contributed by atoms with van der Waals surface area (Å²) >= 11 is 0. The molecule has 1 aliphatic rings. The Kier molecular flexibility index (Phi) is 11.7. The molecule has 4 atom stereocenters. The van der Waals surface area contributed by atoms with E-state index in [0.29, 0.717) is 11.3 Å². The van der Waals surface area contributed by atoms with Crippen molar-refractivity contribution in [2.45, 2.75) is 70.8 Å². The van der Waals surface area contributed by atoms with E-state index in [0.717, 1.165) is 43.9 Å². The zero-order valence-corrected chi connectivity index (χ0v) is 19.2. The molecular formula is C17H36IN3O2S. The second kappa shape index (κ2) is 11.7. The Bertz CT molecular complexity index is 413. The van der Waals surface area contributed by atoms with Crippen LogP contribution in [0.1, 0.15) is 53.4 Å². The summed E-state index contributed by atoms with van der Waals surface area (Å²) in [6.45, 7) is 9.24. The van der Waals surface area contributed by atoms with Crippen LogP contribution < -0.4 is 10.6 Å². The first-order valence-electron chi connectivity index (χ1n) is 8.69. The Labute approximate surface area is 167 Å². The Hall–Kier alpha value is 0.110. The molecule has 0 aromatic carbocycles. The zero-order valence-electron chi connectivity index (χ0n) is 16.1. The zero-order chi connectivity index (χ0) is 17.5. The first kappa shape index (κ1) is 24.1. The summed E-state index contributed by atoms with van der Waals surface area (Å²) in [7, 11) is 2.84. The fourth-order valence-corrected chi connectivity index (χ4v) is 4.42. The van der Waals surface area contributed by atoms with E-state index in [1.807, 2.05) is 6.92 Å². The van der Waals surface area contributed by atoms with Crippen molar-refractivity contribution in [1.82, 2.24) is 10.6 Å². The average Bonchev–Trinajstić information content (AvgIpc) is 2.52. The van der Waals surface area contributed by atoms with Gasteiger partial charge in [-0.3, -0.25) is 9.20 Å². The lowest BCUT2D eigenvalue weighted by atomic mass is 9.89. The maximum atomic E-state index is 12.1. The quantitative estimate of drug-likeness (QED) is 0.354. The molecule has 0 saturated heterocycles. The van der Waals surface area contributed by atoms with Gasteiger partial charge in [-0.1, -0.05) is 34.1 Å². The average molecular weight is 473 g/mol. The molecule has 1 fully saturated rings. The van der Waals surface area contributed by atoms with Gasteiger partial charge in [0.25, 0.3) is 0 Å². The number of nitrogens with zero attached hydrogens (tertiary/aromatic N) is 1. The molecule has 0 aliphatic heterocycles. The molecule has 144 valence electrons. The topological polar surface area (TPSA) is 62.7 Å². The van der Waals surface area contributed by atoms with Gasteiger partial charge in [0, 0.05) is 48.5 Å². The van der Waals surface area contributed by atoms with Gasteiger partial charge in [-0.2, -0.15) is 0 Å². The van der Waals surface area contributed by atoms with Crippen LogP contribution in [0.2, 0.25) is 0 Å². The lowest BCUT2D eigenvalue weighted by Crippen LogP contribution is -2.49. The second-order valence-corrected chi connectivity index (χ2v) is 9.35. The molecule has 5 nitrogen and oxygen atoms in total. The van der Waals surface area contributed by atoms with Gasteiger partial charge >= 0.3 is 0 Å². The van der Waals surface area contributed by atoms with Crippen molar-refractivity contribution in [3.05, 3.63) is 0 Å². The highest BCUT2D eigenvalue weighted by atomic mass is 127. The smallest absolute Gasteiger partial charge is 0.191 e. The molecule has 24 heavy (non-hydrogen) atoms. The fraction of sp³-hybridized carbons (Fsp3) is 0.941. The summed E-state index contributed by atoms with van der Waals surface area (Å²) < 4.78 is 17.6. The van der Waals surface area contributed by atoms with Crippen LogP contribution in [0.5, 0.6) is 0 Å². The molecular weight excluding hydrogens is 437 g/mol. The van der Waals surface area contributed by atoms with Crippen LogP contribution in [0.15, 0.2) is 4.99 Å². The number of halogens is 1. The Morgan fingerprint density at radius 3 is 2.54 bits per heavy atom. The van der Waals surface area contributed by atoms with Gasteiger partial charge < -0.3 is 15.4 Å². The first-order chi connectivity index (χ1) is 10.8. The molecule has 0 amide bonds. The minimum absolute atomic E-state index is 0. The van der Waals surface area contributed by atoms with Crippen LogP contribution in [0, 0.1) is 5.41 Å². The maximum Gasteiger partial charge on any atom is 0.191 e. The normalized spacial score (nSPS) is 24.7. The highest BCUT2D eigenvalue weighted by Crippen LogP contribution is 2.23. The molecule has 1 rings (SSSR count). The molecule has 0 bridgehead atoms. The van der Waals surface area contributed by atoms with Crippen molar-refractivity contribution in [2.75, 3.05) is 26.5 Å². The first-order valence-corrected chi connectivity index (χ1v) is 10.1. The van der Waals surface area contributed by atoms with E-state index in [-0.39, 0.29) is 35.5 Å². The van der Waals surface area contributed by atoms with Crippen LogP contribution in [-0.2, 0) is 15.5 Å². The van der Waals surface area contributed by atoms with E-state index in [9.17, 15) is 4.21 Å². The fourth-order valence-electron chi connectivity index (χ4n) is 3.07. The van der Waals surface area contributed by atoms with E-state index >= 15 is 0 Å². The third kappa shape index (κ3) is 7.99. The van der Waals surface area contributed by atoms with Gasteiger partial charge in [0.2, 0.25) is 0 Å². The molecule has 0 aromatic rings. The Morgan fingerprint density at radius 2 is 2.04 bits per heavy atom. The van der Waals surface area contributed by atoms with Gasteiger partial charge in [0.15, 0.2) is 5.96 Å². The lowest BCUT2D eigenvalue weighted by Gasteiger charge is -2.32. The summed E-state index contributed by atoms with van der Waals surface area (Å²) in [6, 6.07) is 0.353. The number of hydrogen-bond donors (Lipinski definition) is 2. The van der Waals surface area contributed by atoms with Crippen molar-refractivity contribution >= 4 is 40.7 Å².